The van der Waals surface area contributed by atoms with Crippen LogP contribution in [0, 0.1) is 6.92 Å². The molecule has 0 bridgehead atoms. The fourth-order valence-electron chi connectivity index (χ4n) is 2.58. The molecule has 1 amide bonds. The van der Waals surface area contributed by atoms with Crippen molar-refractivity contribution >= 4 is 18.0 Å². The molecule has 2 aromatic carbocycles. The normalized spacial score (nSPS) is 12.0. The number of esters is 2. The van der Waals surface area contributed by atoms with Gasteiger partial charge in [0.1, 0.15) is 12.2 Å². The van der Waals surface area contributed by atoms with Crippen molar-refractivity contribution < 1.29 is 28.6 Å². The van der Waals surface area contributed by atoms with E-state index in [1.165, 1.54) is 0 Å². The Hall–Kier alpha value is -3.35. The molecule has 0 aromatic heterocycles. The summed E-state index contributed by atoms with van der Waals surface area (Å²) in [4.78, 5) is 36.2. The van der Waals surface area contributed by atoms with Crippen LogP contribution in [0.2, 0.25) is 0 Å². The zero-order chi connectivity index (χ0) is 22.1. The SMILES string of the molecule is [CH2]C(=O)OCC(NC(=O)OC(C)(C)C)C(=O)OC(c1ccccc1)c1ccccc1. The molecule has 159 valence electrons. The molecular formula is C23H26NO6. The van der Waals surface area contributed by atoms with E-state index < -0.39 is 42.4 Å². The number of rotatable bonds is 7. The topological polar surface area (TPSA) is 90.9 Å². The number of amides is 1. The van der Waals surface area contributed by atoms with Gasteiger partial charge in [-0.2, -0.15) is 0 Å². The monoisotopic (exact) mass is 412 g/mol. The Balaban J connectivity index is 2.23. The highest BCUT2D eigenvalue weighted by molar-refractivity contribution is 5.82. The molecule has 0 fully saturated rings. The van der Waals surface area contributed by atoms with Gasteiger partial charge in [-0.3, -0.25) is 4.79 Å². The van der Waals surface area contributed by atoms with Gasteiger partial charge in [0.05, 0.1) is 6.92 Å². The lowest BCUT2D eigenvalue weighted by molar-refractivity contribution is -0.153. The predicted molar refractivity (Wildman–Crippen MR) is 110 cm³/mol. The van der Waals surface area contributed by atoms with Crippen LogP contribution in [0.3, 0.4) is 0 Å². The van der Waals surface area contributed by atoms with E-state index in [9.17, 15) is 14.4 Å². The molecule has 1 unspecified atom stereocenters. The highest BCUT2D eigenvalue weighted by atomic mass is 16.6. The van der Waals surface area contributed by atoms with Crippen LogP contribution in [0.25, 0.3) is 0 Å². The molecule has 1 radical (unpaired) electrons. The highest BCUT2D eigenvalue weighted by Gasteiger charge is 2.29. The van der Waals surface area contributed by atoms with Crippen LogP contribution in [-0.2, 0) is 23.8 Å². The van der Waals surface area contributed by atoms with Crippen LogP contribution in [0.4, 0.5) is 4.79 Å². The zero-order valence-electron chi connectivity index (χ0n) is 17.3. The molecule has 2 rings (SSSR count). The summed E-state index contributed by atoms with van der Waals surface area (Å²) in [5, 5.41) is 2.40. The summed E-state index contributed by atoms with van der Waals surface area (Å²) in [6.07, 6.45) is -1.54. The minimum atomic E-state index is -1.26. The van der Waals surface area contributed by atoms with E-state index in [2.05, 4.69) is 12.2 Å². The minimum absolute atomic E-state index is 0.434. The average Bonchev–Trinajstić information content (AvgIpc) is 2.69. The number of alkyl carbamates (subject to hydrolysis) is 1. The third kappa shape index (κ3) is 7.58. The molecule has 0 spiro atoms. The maximum Gasteiger partial charge on any atom is 0.408 e. The lowest BCUT2D eigenvalue weighted by Crippen LogP contribution is -2.47. The molecule has 30 heavy (non-hydrogen) atoms. The molecule has 2 aromatic rings. The number of hydrogen-bond donors (Lipinski definition) is 1. The summed E-state index contributed by atoms with van der Waals surface area (Å²) in [5.41, 5.74) is 0.738. The molecule has 0 saturated heterocycles. The van der Waals surface area contributed by atoms with Gasteiger partial charge in [-0.05, 0) is 31.9 Å². The van der Waals surface area contributed by atoms with E-state index in [0.717, 1.165) is 11.1 Å². The van der Waals surface area contributed by atoms with Crippen molar-refractivity contribution in [2.24, 2.45) is 0 Å². The van der Waals surface area contributed by atoms with E-state index in [4.69, 9.17) is 14.2 Å². The predicted octanol–water partition coefficient (Wildman–Crippen LogP) is 3.59. The van der Waals surface area contributed by atoms with Crippen LogP contribution < -0.4 is 5.32 Å². The fourth-order valence-corrected chi connectivity index (χ4v) is 2.58. The first-order valence-corrected chi connectivity index (χ1v) is 9.44. The van der Waals surface area contributed by atoms with Crippen LogP contribution in [0.15, 0.2) is 60.7 Å². The van der Waals surface area contributed by atoms with Crippen molar-refractivity contribution in [2.75, 3.05) is 6.61 Å². The first-order chi connectivity index (χ1) is 14.2. The maximum atomic E-state index is 12.9. The van der Waals surface area contributed by atoms with Crippen molar-refractivity contribution in [3.8, 4) is 0 Å². The average molecular weight is 412 g/mol. The van der Waals surface area contributed by atoms with Gasteiger partial charge >= 0.3 is 18.0 Å². The Morgan fingerprint density at radius 3 is 1.87 bits per heavy atom. The van der Waals surface area contributed by atoms with Crippen LogP contribution in [-0.4, -0.2) is 36.3 Å². The smallest absolute Gasteiger partial charge is 0.408 e. The molecule has 0 saturated carbocycles. The molecule has 1 atom stereocenters. The molecule has 0 aliphatic carbocycles. The van der Waals surface area contributed by atoms with Gasteiger partial charge in [0.2, 0.25) is 0 Å². The second-order valence-corrected chi connectivity index (χ2v) is 7.52. The molecule has 1 N–H and O–H groups in total. The molecule has 0 aliphatic heterocycles. The third-order valence-electron chi connectivity index (χ3n) is 3.83. The Morgan fingerprint density at radius 1 is 0.933 bits per heavy atom. The fraction of sp³-hybridized carbons (Fsp3) is 0.304. The van der Waals surface area contributed by atoms with Crippen LogP contribution in [0.5, 0.6) is 0 Å². The number of hydrogen-bond acceptors (Lipinski definition) is 6. The largest absolute Gasteiger partial charge is 0.463 e. The molecule has 0 heterocycles. The lowest BCUT2D eigenvalue weighted by Gasteiger charge is -2.25. The first kappa shape index (κ1) is 22.9. The van der Waals surface area contributed by atoms with Crippen molar-refractivity contribution in [1.29, 1.82) is 0 Å². The van der Waals surface area contributed by atoms with Crippen molar-refractivity contribution in [2.45, 2.75) is 38.5 Å². The van der Waals surface area contributed by atoms with Crippen molar-refractivity contribution in [3.63, 3.8) is 0 Å². The van der Waals surface area contributed by atoms with Gasteiger partial charge in [0, 0.05) is 0 Å². The van der Waals surface area contributed by atoms with E-state index in [0.29, 0.717) is 0 Å². The molecular weight excluding hydrogens is 386 g/mol. The van der Waals surface area contributed by atoms with Crippen molar-refractivity contribution in [3.05, 3.63) is 78.7 Å². The second-order valence-electron chi connectivity index (χ2n) is 7.52. The van der Waals surface area contributed by atoms with Gasteiger partial charge in [-0.25, -0.2) is 9.59 Å². The van der Waals surface area contributed by atoms with Gasteiger partial charge in [0.15, 0.2) is 12.1 Å². The molecule has 7 nitrogen and oxygen atoms in total. The Kier molecular flexibility index (Phi) is 7.98. The Labute approximate surface area is 176 Å². The zero-order valence-corrected chi connectivity index (χ0v) is 17.3. The number of nitrogens with one attached hydrogen (secondary N) is 1. The summed E-state index contributed by atoms with van der Waals surface area (Å²) in [6.45, 7) is 7.75. The lowest BCUT2D eigenvalue weighted by atomic mass is 10.0. The number of carbonyl (C=O) groups is 3. The summed E-state index contributed by atoms with van der Waals surface area (Å²) in [7, 11) is 0. The van der Waals surface area contributed by atoms with Gasteiger partial charge in [-0.1, -0.05) is 60.7 Å². The van der Waals surface area contributed by atoms with Gasteiger partial charge < -0.3 is 19.5 Å². The van der Waals surface area contributed by atoms with E-state index in [1.54, 1.807) is 20.8 Å². The van der Waals surface area contributed by atoms with E-state index in [-0.39, 0.29) is 0 Å². The van der Waals surface area contributed by atoms with Gasteiger partial charge in [0.25, 0.3) is 0 Å². The first-order valence-electron chi connectivity index (χ1n) is 9.44. The maximum absolute atomic E-state index is 12.9. The summed E-state index contributed by atoms with van der Waals surface area (Å²) in [5.74, 6) is -1.61. The number of carbonyl (C=O) groups excluding carboxylic acids is 3. The summed E-state index contributed by atoms with van der Waals surface area (Å²) >= 11 is 0. The summed E-state index contributed by atoms with van der Waals surface area (Å²) < 4.78 is 15.7. The van der Waals surface area contributed by atoms with Crippen molar-refractivity contribution in [1.82, 2.24) is 5.32 Å². The molecule has 0 aliphatic rings. The third-order valence-corrected chi connectivity index (χ3v) is 3.83. The standard InChI is InChI=1S/C23H26NO6/c1-16(25)28-15-19(24-22(27)30-23(2,3)4)21(26)29-20(17-11-7-5-8-12-17)18-13-9-6-10-14-18/h5-14,19-20H,1,15H2,2-4H3,(H,24,27). The Morgan fingerprint density at radius 2 is 1.43 bits per heavy atom. The van der Waals surface area contributed by atoms with E-state index >= 15 is 0 Å². The number of benzene rings is 2. The van der Waals surface area contributed by atoms with Gasteiger partial charge in [-0.15, -0.1) is 0 Å². The number of ether oxygens (including phenoxy) is 3. The minimum Gasteiger partial charge on any atom is -0.463 e. The second kappa shape index (κ2) is 10.4. The highest BCUT2D eigenvalue weighted by Crippen LogP contribution is 2.26. The Bertz CT molecular complexity index is 806. The van der Waals surface area contributed by atoms with Crippen LogP contribution >= 0.6 is 0 Å². The van der Waals surface area contributed by atoms with E-state index in [1.807, 2.05) is 60.7 Å². The van der Waals surface area contributed by atoms with Crippen LogP contribution in [0.1, 0.15) is 38.0 Å². The quantitative estimate of drug-likeness (QED) is 0.552. The summed E-state index contributed by atoms with van der Waals surface area (Å²) in [6, 6.07) is 17.1. The molecule has 7 heteroatoms.